The minimum Gasteiger partial charge on any atom is -0.468 e. The van der Waals surface area contributed by atoms with Crippen LogP contribution in [-0.2, 0) is 9.53 Å². The number of carbonyl (C=O) groups is 1. The molecular formula is C15H21NO2. The van der Waals surface area contributed by atoms with Gasteiger partial charge in [-0.3, -0.25) is 5.32 Å². The van der Waals surface area contributed by atoms with Gasteiger partial charge in [0.2, 0.25) is 0 Å². The van der Waals surface area contributed by atoms with Crippen LogP contribution < -0.4 is 5.32 Å². The Hall–Kier alpha value is -1.35. The molecule has 0 aromatic heterocycles. The van der Waals surface area contributed by atoms with Gasteiger partial charge in [0.1, 0.15) is 6.04 Å². The van der Waals surface area contributed by atoms with Crippen LogP contribution >= 0.6 is 0 Å². The molecule has 1 fully saturated rings. The molecule has 1 atom stereocenters. The van der Waals surface area contributed by atoms with Crippen molar-refractivity contribution in [2.45, 2.75) is 44.7 Å². The number of rotatable bonds is 5. The summed E-state index contributed by atoms with van der Waals surface area (Å²) in [6.45, 7) is 4.06. The van der Waals surface area contributed by atoms with Crippen molar-refractivity contribution in [3.8, 4) is 0 Å². The topological polar surface area (TPSA) is 38.3 Å². The third kappa shape index (κ3) is 3.10. The molecule has 1 unspecified atom stereocenters. The molecule has 0 spiro atoms. The van der Waals surface area contributed by atoms with Gasteiger partial charge >= 0.3 is 5.97 Å². The SMILES string of the molecule is COC(=O)C(NC(C)C)c1cccc(C2CC2)c1. The maximum atomic E-state index is 11.9. The van der Waals surface area contributed by atoms with Gasteiger partial charge in [0.05, 0.1) is 7.11 Å². The lowest BCUT2D eigenvalue weighted by Gasteiger charge is -2.20. The molecule has 0 heterocycles. The van der Waals surface area contributed by atoms with Crippen molar-refractivity contribution in [1.82, 2.24) is 5.32 Å². The van der Waals surface area contributed by atoms with Gasteiger partial charge in [-0.15, -0.1) is 0 Å². The van der Waals surface area contributed by atoms with Crippen molar-refractivity contribution in [1.29, 1.82) is 0 Å². The molecule has 1 saturated carbocycles. The first-order chi connectivity index (χ1) is 8.61. The fourth-order valence-electron chi connectivity index (χ4n) is 2.16. The maximum Gasteiger partial charge on any atom is 0.327 e. The van der Waals surface area contributed by atoms with E-state index in [2.05, 4.69) is 17.4 Å². The van der Waals surface area contributed by atoms with Gasteiger partial charge in [-0.05, 0) is 43.7 Å². The molecule has 1 N–H and O–H groups in total. The van der Waals surface area contributed by atoms with Crippen molar-refractivity contribution in [3.05, 3.63) is 35.4 Å². The molecule has 3 heteroatoms. The highest BCUT2D eigenvalue weighted by Gasteiger charge is 2.26. The number of nitrogens with one attached hydrogen (secondary N) is 1. The molecule has 0 amide bonds. The third-order valence-corrected chi connectivity index (χ3v) is 3.23. The zero-order valence-corrected chi connectivity index (χ0v) is 11.3. The highest BCUT2D eigenvalue weighted by Crippen LogP contribution is 2.40. The van der Waals surface area contributed by atoms with Gasteiger partial charge in [-0.2, -0.15) is 0 Å². The fraction of sp³-hybridized carbons (Fsp3) is 0.533. The summed E-state index contributed by atoms with van der Waals surface area (Å²) in [6, 6.07) is 8.16. The molecule has 2 rings (SSSR count). The van der Waals surface area contributed by atoms with Gasteiger partial charge in [-0.1, -0.05) is 24.3 Å². The number of hydrogen-bond acceptors (Lipinski definition) is 3. The van der Waals surface area contributed by atoms with Crippen molar-refractivity contribution in [2.24, 2.45) is 0 Å². The number of esters is 1. The average molecular weight is 247 g/mol. The summed E-state index contributed by atoms with van der Waals surface area (Å²) in [5, 5.41) is 3.26. The van der Waals surface area contributed by atoms with Crippen LogP contribution in [0, 0.1) is 0 Å². The number of carbonyl (C=O) groups excluding carboxylic acids is 1. The quantitative estimate of drug-likeness (QED) is 0.813. The van der Waals surface area contributed by atoms with Crippen LogP contribution in [0.2, 0.25) is 0 Å². The van der Waals surface area contributed by atoms with E-state index >= 15 is 0 Å². The second-order valence-corrected chi connectivity index (χ2v) is 5.22. The van der Waals surface area contributed by atoms with Crippen LogP contribution in [0.5, 0.6) is 0 Å². The first-order valence-electron chi connectivity index (χ1n) is 6.55. The molecule has 18 heavy (non-hydrogen) atoms. The van der Waals surface area contributed by atoms with E-state index in [1.165, 1.54) is 25.5 Å². The number of hydrogen-bond donors (Lipinski definition) is 1. The first-order valence-corrected chi connectivity index (χ1v) is 6.55. The molecule has 1 aromatic carbocycles. The van der Waals surface area contributed by atoms with Crippen molar-refractivity contribution < 1.29 is 9.53 Å². The highest BCUT2D eigenvalue weighted by atomic mass is 16.5. The molecule has 1 aliphatic rings. The normalized spacial score (nSPS) is 16.7. The summed E-state index contributed by atoms with van der Waals surface area (Å²) in [7, 11) is 1.43. The summed E-state index contributed by atoms with van der Waals surface area (Å²) in [4.78, 5) is 11.9. The highest BCUT2D eigenvalue weighted by molar-refractivity contribution is 5.77. The molecular weight excluding hydrogens is 226 g/mol. The zero-order chi connectivity index (χ0) is 13.1. The van der Waals surface area contributed by atoms with E-state index in [0.717, 1.165) is 5.56 Å². The Morgan fingerprint density at radius 3 is 2.67 bits per heavy atom. The van der Waals surface area contributed by atoms with Crippen LogP contribution in [0.4, 0.5) is 0 Å². The Morgan fingerprint density at radius 1 is 1.39 bits per heavy atom. The van der Waals surface area contributed by atoms with E-state index in [1.54, 1.807) is 0 Å². The van der Waals surface area contributed by atoms with E-state index in [0.29, 0.717) is 5.92 Å². The molecule has 0 radical (unpaired) electrons. The van der Waals surface area contributed by atoms with E-state index in [1.807, 2.05) is 26.0 Å². The first kappa shape index (κ1) is 13.1. The summed E-state index contributed by atoms with van der Waals surface area (Å²) < 4.78 is 4.88. The standard InChI is InChI=1S/C15H21NO2/c1-10(2)16-14(15(17)18-3)13-6-4-5-12(9-13)11-7-8-11/h4-6,9-11,14,16H,7-8H2,1-3H3. The Labute approximate surface area is 109 Å². The fourth-order valence-corrected chi connectivity index (χ4v) is 2.16. The molecule has 0 saturated heterocycles. The van der Waals surface area contributed by atoms with Gasteiger partial charge in [0, 0.05) is 6.04 Å². The summed E-state index contributed by atoms with van der Waals surface area (Å²) >= 11 is 0. The molecule has 0 aliphatic heterocycles. The predicted molar refractivity (Wildman–Crippen MR) is 71.4 cm³/mol. The summed E-state index contributed by atoms with van der Waals surface area (Å²) in [6.07, 6.45) is 2.54. The number of benzene rings is 1. The number of methoxy groups -OCH3 is 1. The summed E-state index contributed by atoms with van der Waals surface area (Å²) in [5.74, 6) is 0.471. The van der Waals surface area contributed by atoms with Crippen molar-refractivity contribution in [3.63, 3.8) is 0 Å². The van der Waals surface area contributed by atoms with E-state index in [4.69, 9.17) is 4.74 Å². The predicted octanol–water partition coefficient (Wildman–Crippen LogP) is 2.78. The molecule has 3 nitrogen and oxygen atoms in total. The average Bonchev–Trinajstić information content (AvgIpc) is 3.19. The summed E-state index contributed by atoms with van der Waals surface area (Å²) in [5.41, 5.74) is 2.34. The van der Waals surface area contributed by atoms with E-state index < -0.39 is 0 Å². The monoisotopic (exact) mass is 247 g/mol. The lowest BCUT2D eigenvalue weighted by atomic mass is 10.0. The second kappa shape index (κ2) is 5.53. The molecule has 98 valence electrons. The van der Waals surface area contributed by atoms with Crippen LogP contribution in [0.25, 0.3) is 0 Å². The van der Waals surface area contributed by atoms with Crippen LogP contribution in [0.15, 0.2) is 24.3 Å². The van der Waals surface area contributed by atoms with Crippen LogP contribution in [0.3, 0.4) is 0 Å². The van der Waals surface area contributed by atoms with Crippen molar-refractivity contribution >= 4 is 5.97 Å². The molecule has 1 aromatic rings. The Bertz CT molecular complexity index is 424. The van der Waals surface area contributed by atoms with Gasteiger partial charge in [-0.25, -0.2) is 4.79 Å². The smallest absolute Gasteiger partial charge is 0.327 e. The van der Waals surface area contributed by atoms with Gasteiger partial charge < -0.3 is 4.74 Å². The van der Waals surface area contributed by atoms with E-state index in [-0.39, 0.29) is 18.1 Å². The van der Waals surface area contributed by atoms with E-state index in [9.17, 15) is 4.79 Å². The van der Waals surface area contributed by atoms with Gasteiger partial charge in [0.15, 0.2) is 0 Å². The molecule has 0 bridgehead atoms. The van der Waals surface area contributed by atoms with Crippen LogP contribution in [-0.4, -0.2) is 19.1 Å². The lowest BCUT2D eigenvalue weighted by Crippen LogP contribution is -2.34. The lowest BCUT2D eigenvalue weighted by molar-refractivity contribution is -0.143. The number of ether oxygens (including phenoxy) is 1. The Morgan fingerprint density at radius 2 is 2.11 bits per heavy atom. The van der Waals surface area contributed by atoms with Crippen LogP contribution in [0.1, 0.15) is 49.8 Å². The zero-order valence-electron chi connectivity index (χ0n) is 11.3. The third-order valence-electron chi connectivity index (χ3n) is 3.23. The Kier molecular flexibility index (Phi) is 4.02. The molecule has 1 aliphatic carbocycles. The maximum absolute atomic E-state index is 11.9. The van der Waals surface area contributed by atoms with Crippen molar-refractivity contribution in [2.75, 3.05) is 7.11 Å². The largest absolute Gasteiger partial charge is 0.468 e. The minimum atomic E-state index is -0.367. The Balaban J connectivity index is 2.22. The second-order valence-electron chi connectivity index (χ2n) is 5.22. The minimum absolute atomic E-state index is 0.225. The van der Waals surface area contributed by atoms with Gasteiger partial charge in [0.25, 0.3) is 0 Å².